The molecule has 6 aromatic rings. The van der Waals surface area contributed by atoms with Crippen LogP contribution in [0.4, 0.5) is 17.1 Å². The minimum absolute atomic E-state index is 0.474. The normalized spacial score (nSPS) is 11.4. The van der Waals surface area contributed by atoms with Crippen molar-refractivity contribution in [3.05, 3.63) is 180 Å². The Hall–Kier alpha value is -5.88. The van der Waals surface area contributed by atoms with Gasteiger partial charge in [0.2, 0.25) is 0 Å². The van der Waals surface area contributed by atoms with E-state index >= 15 is 0 Å². The van der Waals surface area contributed by atoms with Crippen molar-refractivity contribution in [2.75, 3.05) is 0 Å². The third kappa shape index (κ3) is 11.5. The molecule has 0 fully saturated rings. The Morgan fingerprint density at radius 1 is 0.542 bits per heavy atom. The molecule has 3 aromatic heterocycles. The van der Waals surface area contributed by atoms with Crippen molar-refractivity contribution in [2.24, 2.45) is 15.0 Å². The Labute approximate surface area is 284 Å². The second kappa shape index (κ2) is 18.9. The number of aryl methyl sites for hydroxylation is 1. The maximum absolute atomic E-state index is 4.70. The molecule has 0 N–H and O–H groups in total. The molecule has 3 aromatic carbocycles. The van der Waals surface area contributed by atoms with Crippen molar-refractivity contribution in [1.29, 1.82) is 0 Å². The molecule has 48 heavy (non-hydrogen) atoms. The summed E-state index contributed by atoms with van der Waals surface area (Å²) in [7, 11) is 0. The molecule has 0 aliphatic carbocycles. The van der Waals surface area contributed by atoms with Crippen LogP contribution in [0.25, 0.3) is 0 Å². The fourth-order valence-electron chi connectivity index (χ4n) is 4.50. The Morgan fingerprint density at radius 3 is 1.58 bits per heavy atom. The lowest BCUT2D eigenvalue weighted by atomic mass is 10.0. The van der Waals surface area contributed by atoms with Crippen LogP contribution in [0.1, 0.15) is 61.8 Å². The molecular weight excluding hydrogens is 589 g/mol. The maximum Gasteiger partial charge on any atom is 0.0841 e. The fraction of sp³-hybridized carbons (Fsp3) is 0.143. The number of benzene rings is 3. The highest BCUT2D eigenvalue weighted by Crippen LogP contribution is 2.27. The average Bonchev–Trinajstić information content (AvgIpc) is 3.14. The van der Waals surface area contributed by atoms with Gasteiger partial charge in [0.15, 0.2) is 0 Å². The molecule has 240 valence electrons. The smallest absolute Gasteiger partial charge is 0.0841 e. The summed E-state index contributed by atoms with van der Waals surface area (Å²) in [5.74, 6) is 0.474. The van der Waals surface area contributed by atoms with Crippen LogP contribution in [0, 0.1) is 6.92 Å². The fourth-order valence-corrected chi connectivity index (χ4v) is 4.50. The highest BCUT2D eigenvalue weighted by Gasteiger charge is 2.06. The molecule has 0 saturated carbocycles. The van der Waals surface area contributed by atoms with Gasteiger partial charge in [-0.05, 0) is 98.5 Å². The van der Waals surface area contributed by atoms with Gasteiger partial charge < -0.3 is 0 Å². The Balaban J connectivity index is 0.000000164. The summed E-state index contributed by atoms with van der Waals surface area (Å²) in [4.78, 5) is 26.3. The molecule has 0 bridgehead atoms. The number of pyridine rings is 3. The molecule has 6 nitrogen and oxygen atoms in total. The van der Waals surface area contributed by atoms with Crippen molar-refractivity contribution in [1.82, 2.24) is 15.0 Å². The number of nitrogens with zero attached hydrogens (tertiary/aromatic N) is 6. The van der Waals surface area contributed by atoms with E-state index in [0.29, 0.717) is 5.92 Å². The van der Waals surface area contributed by atoms with E-state index in [4.69, 9.17) is 4.99 Å². The first-order valence-electron chi connectivity index (χ1n) is 16.0. The summed E-state index contributed by atoms with van der Waals surface area (Å²) < 4.78 is 0. The summed E-state index contributed by atoms with van der Waals surface area (Å²) >= 11 is 0. The van der Waals surface area contributed by atoms with Gasteiger partial charge in [0.25, 0.3) is 0 Å². The van der Waals surface area contributed by atoms with Crippen LogP contribution in [0.5, 0.6) is 0 Å². The first kappa shape index (κ1) is 35.0. The van der Waals surface area contributed by atoms with Crippen molar-refractivity contribution in [2.45, 2.75) is 40.5 Å². The lowest BCUT2D eigenvalue weighted by Gasteiger charge is -2.09. The zero-order valence-corrected chi connectivity index (χ0v) is 28.3. The topological polar surface area (TPSA) is 75.8 Å². The van der Waals surface area contributed by atoms with E-state index in [2.05, 4.69) is 70.0 Å². The minimum Gasteiger partial charge on any atom is -0.255 e. The van der Waals surface area contributed by atoms with Gasteiger partial charge in [0, 0.05) is 18.6 Å². The van der Waals surface area contributed by atoms with Crippen LogP contribution in [-0.2, 0) is 0 Å². The Morgan fingerprint density at radius 2 is 1.04 bits per heavy atom. The molecule has 0 unspecified atom stereocenters. The van der Waals surface area contributed by atoms with Crippen LogP contribution >= 0.6 is 0 Å². The molecule has 0 atom stereocenters. The van der Waals surface area contributed by atoms with Crippen molar-refractivity contribution >= 4 is 34.7 Å². The number of aromatic nitrogens is 3. The van der Waals surface area contributed by atoms with Crippen LogP contribution in [0.15, 0.2) is 167 Å². The van der Waals surface area contributed by atoms with Crippen LogP contribution in [-0.4, -0.2) is 32.6 Å². The molecule has 0 spiro atoms. The van der Waals surface area contributed by atoms with E-state index in [0.717, 1.165) is 45.6 Å². The first-order chi connectivity index (χ1) is 23.4. The Kier molecular flexibility index (Phi) is 13.8. The highest BCUT2D eigenvalue weighted by atomic mass is 14.8. The average molecular weight is 631 g/mol. The van der Waals surface area contributed by atoms with E-state index < -0.39 is 0 Å². The zero-order chi connectivity index (χ0) is 34.0. The Bertz CT molecular complexity index is 1860. The summed E-state index contributed by atoms with van der Waals surface area (Å²) in [5.41, 5.74) is 10.0. The van der Waals surface area contributed by atoms with Crippen molar-refractivity contribution in [3.63, 3.8) is 0 Å². The van der Waals surface area contributed by atoms with Crippen LogP contribution in [0.3, 0.4) is 0 Å². The van der Waals surface area contributed by atoms with E-state index in [1.165, 1.54) is 11.1 Å². The standard InChI is InChI=1S/C16H18N2.C14H14N2.C12H10N2/c1-12(2)14-8-4-5-10-16(14)18-13(3)15-9-6-7-11-17-15;1-11-7-3-4-8-13(11)16-12(2)14-9-5-6-10-15-14;1-2-6-11(7-3-1)14-10-12-8-4-5-9-13-12/h4-12H,1-3H3;3-10H,1-2H3;1-10H. The number of para-hydroxylation sites is 3. The van der Waals surface area contributed by atoms with E-state index in [9.17, 15) is 0 Å². The summed E-state index contributed by atoms with van der Waals surface area (Å²) in [5, 5.41) is 0. The largest absolute Gasteiger partial charge is 0.255 e. The molecule has 6 rings (SSSR count). The van der Waals surface area contributed by atoms with Gasteiger partial charge in [-0.1, -0.05) is 86.6 Å². The predicted molar refractivity (Wildman–Crippen MR) is 202 cm³/mol. The minimum atomic E-state index is 0.474. The number of hydrogen-bond acceptors (Lipinski definition) is 6. The van der Waals surface area contributed by atoms with E-state index in [1.54, 1.807) is 24.8 Å². The maximum atomic E-state index is 4.70. The number of hydrogen-bond donors (Lipinski definition) is 0. The molecule has 0 saturated heterocycles. The SMILES string of the molecule is C(=Nc1ccccc1)c1ccccn1.CC(=Nc1ccccc1C(C)C)c1ccccn1.CC(=Nc1ccccc1C)c1ccccn1. The van der Waals surface area contributed by atoms with Crippen molar-refractivity contribution in [3.8, 4) is 0 Å². The second-order valence-electron chi connectivity index (χ2n) is 11.2. The summed E-state index contributed by atoms with van der Waals surface area (Å²) in [6.45, 7) is 10.4. The molecule has 0 aliphatic heterocycles. The van der Waals surface area contributed by atoms with Crippen LogP contribution < -0.4 is 0 Å². The van der Waals surface area contributed by atoms with Gasteiger partial charge in [0.05, 0.1) is 51.8 Å². The predicted octanol–water partition coefficient (Wildman–Crippen LogP) is 10.7. The van der Waals surface area contributed by atoms with Gasteiger partial charge in [-0.2, -0.15) is 0 Å². The van der Waals surface area contributed by atoms with E-state index in [-0.39, 0.29) is 0 Å². The molecule has 6 heteroatoms. The molecular formula is C42H42N6. The van der Waals surface area contributed by atoms with Crippen molar-refractivity contribution < 1.29 is 0 Å². The molecule has 3 heterocycles. The number of aliphatic imine (C=N–C) groups is 3. The first-order valence-corrected chi connectivity index (χ1v) is 16.0. The van der Waals surface area contributed by atoms with Gasteiger partial charge in [-0.25, -0.2) is 0 Å². The van der Waals surface area contributed by atoms with Gasteiger partial charge in [0.1, 0.15) is 0 Å². The lowest BCUT2D eigenvalue weighted by Crippen LogP contribution is -1.97. The molecule has 0 aliphatic rings. The summed E-state index contributed by atoms with van der Waals surface area (Å²) in [6, 6.07) is 43.7. The molecule has 0 amide bonds. The van der Waals surface area contributed by atoms with Crippen LogP contribution in [0.2, 0.25) is 0 Å². The van der Waals surface area contributed by atoms with Gasteiger partial charge >= 0.3 is 0 Å². The summed E-state index contributed by atoms with van der Waals surface area (Å²) in [6.07, 6.45) is 7.09. The van der Waals surface area contributed by atoms with Gasteiger partial charge in [-0.15, -0.1) is 0 Å². The molecule has 0 radical (unpaired) electrons. The van der Waals surface area contributed by atoms with E-state index in [1.807, 2.05) is 123 Å². The third-order valence-electron chi connectivity index (χ3n) is 7.11. The quantitative estimate of drug-likeness (QED) is 0.165. The van der Waals surface area contributed by atoms with Gasteiger partial charge in [-0.3, -0.25) is 29.9 Å². The second-order valence-corrected chi connectivity index (χ2v) is 11.2. The monoisotopic (exact) mass is 630 g/mol. The lowest BCUT2D eigenvalue weighted by molar-refractivity contribution is 0.867. The highest BCUT2D eigenvalue weighted by molar-refractivity contribution is 5.99. The zero-order valence-electron chi connectivity index (χ0n) is 28.3. The number of rotatable bonds is 7. The third-order valence-corrected chi connectivity index (χ3v) is 7.11.